The molecule has 5 atom stereocenters. The molecule has 46 heavy (non-hydrogen) atoms. The van der Waals surface area contributed by atoms with E-state index in [-0.39, 0.29) is 39.8 Å². The normalized spacial score (nSPS) is 27.2. The number of ether oxygens (including phenoxy) is 2. The number of halogens is 1. The van der Waals surface area contributed by atoms with E-state index in [9.17, 15) is 5.26 Å². The SMILES string of the molecule is CC(C)[Si](O[C@@H]1CC(C#N)(O[C@H](CCCCl)CO[Si](C)(C)C(C)(C)C)O[C@@H]2CO[Si](C(C)(C)C)(C(C)(C)C)O[C@H]21)(C(C)C)C(C)C. The molecule has 2 aliphatic rings. The summed E-state index contributed by atoms with van der Waals surface area (Å²) in [7, 11) is -7.30. The molecule has 2 fully saturated rings. The van der Waals surface area contributed by atoms with E-state index in [4.69, 9.17) is 38.8 Å². The second-order valence-corrected chi connectivity index (χ2v) is 33.7. The van der Waals surface area contributed by atoms with Gasteiger partial charge in [-0.2, -0.15) is 5.26 Å². The molecular weight excluding hydrogens is 650 g/mol. The highest BCUT2D eigenvalue weighted by Gasteiger charge is 2.66. The molecule has 2 saturated heterocycles. The molecule has 11 heteroatoms. The lowest BCUT2D eigenvalue weighted by Crippen LogP contribution is -2.71. The van der Waals surface area contributed by atoms with Gasteiger partial charge in [0.25, 0.3) is 5.79 Å². The molecule has 0 amide bonds. The van der Waals surface area contributed by atoms with Gasteiger partial charge in [-0.25, -0.2) is 0 Å². The fourth-order valence-corrected chi connectivity index (χ4v) is 19.5. The van der Waals surface area contributed by atoms with Crippen molar-refractivity contribution in [3.05, 3.63) is 0 Å². The van der Waals surface area contributed by atoms with Gasteiger partial charge in [-0.05, 0) is 47.6 Å². The lowest BCUT2D eigenvalue weighted by atomic mass is 9.96. The molecule has 7 nitrogen and oxygen atoms in total. The first-order valence-corrected chi connectivity index (χ1v) is 25.1. The van der Waals surface area contributed by atoms with Crippen molar-refractivity contribution in [1.29, 1.82) is 5.26 Å². The van der Waals surface area contributed by atoms with Crippen LogP contribution in [0.2, 0.25) is 44.8 Å². The maximum Gasteiger partial charge on any atom is 0.349 e. The minimum atomic E-state index is -2.85. The zero-order valence-electron chi connectivity index (χ0n) is 32.6. The van der Waals surface area contributed by atoms with E-state index in [1.165, 1.54) is 0 Å². The van der Waals surface area contributed by atoms with E-state index in [1.807, 2.05) is 0 Å². The fraction of sp³-hybridized carbons (Fsp3) is 0.971. The third-order valence-corrected chi connectivity index (χ3v) is 27.0. The quantitative estimate of drug-likeness (QED) is 0.138. The molecule has 270 valence electrons. The molecule has 0 N–H and O–H groups in total. The van der Waals surface area contributed by atoms with Crippen LogP contribution < -0.4 is 0 Å². The molecule has 0 radical (unpaired) electrons. The maximum atomic E-state index is 10.9. The summed E-state index contributed by atoms with van der Waals surface area (Å²) in [5, 5.41) is 10.6. The minimum absolute atomic E-state index is 0.0518. The Morgan fingerprint density at radius 1 is 0.935 bits per heavy atom. The molecule has 0 bridgehead atoms. The second kappa shape index (κ2) is 15.2. The monoisotopic (exact) mass is 719 g/mol. The molecular formula is C35H70ClNO6Si3. The Morgan fingerprint density at radius 2 is 1.46 bits per heavy atom. The third kappa shape index (κ3) is 8.73. The molecule has 0 spiro atoms. The number of rotatable bonds is 13. The van der Waals surface area contributed by atoms with Crippen LogP contribution >= 0.6 is 11.6 Å². The second-order valence-electron chi connectivity index (χ2n) is 18.4. The van der Waals surface area contributed by atoms with Crippen LogP contribution in [0.5, 0.6) is 0 Å². The van der Waals surface area contributed by atoms with Gasteiger partial charge >= 0.3 is 8.56 Å². The Balaban J connectivity index is 2.64. The van der Waals surface area contributed by atoms with Gasteiger partial charge < -0.3 is 27.2 Å². The van der Waals surface area contributed by atoms with Crippen molar-refractivity contribution in [1.82, 2.24) is 0 Å². The summed E-state index contributed by atoms with van der Waals surface area (Å²) < 4.78 is 41.9. The predicted molar refractivity (Wildman–Crippen MR) is 198 cm³/mol. The first-order chi connectivity index (χ1) is 20.8. The van der Waals surface area contributed by atoms with Crippen molar-refractivity contribution >= 4 is 36.8 Å². The van der Waals surface area contributed by atoms with Gasteiger partial charge in [0, 0.05) is 22.4 Å². The standard InChI is InChI=1S/C35H70ClNO6Si3/c1-25(2)45(26(3)4,27(5)6)42-29-21-35(24-37,40-28(19-18-20-36)22-38-44(16,17)32(7,8)9)41-30-23-39-46(33(10,11)12,34(13,14)15)43-31(29)30/h25-31H,18-23H2,1-17H3/t28-,29-,30-,31+,35?/m1/s1. The van der Waals surface area contributed by atoms with Gasteiger partial charge in [-0.3, -0.25) is 0 Å². The molecule has 2 rings (SSSR count). The molecule has 0 aromatic carbocycles. The fourth-order valence-electron chi connectivity index (χ4n) is 7.82. The lowest BCUT2D eigenvalue weighted by Gasteiger charge is -2.59. The van der Waals surface area contributed by atoms with Crippen LogP contribution in [0, 0.1) is 11.3 Å². The summed E-state index contributed by atoms with van der Waals surface area (Å²) in [4.78, 5) is 0. The van der Waals surface area contributed by atoms with Crippen molar-refractivity contribution in [2.45, 2.75) is 198 Å². The van der Waals surface area contributed by atoms with Gasteiger partial charge in [-0.15, -0.1) is 11.6 Å². The predicted octanol–water partition coefficient (Wildman–Crippen LogP) is 10.4. The van der Waals surface area contributed by atoms with Crippen LogP contribution in [0.4, 0.5) is 0 Å². The third-order valence-electron chi connectivity index (χ3n) is 11.0. The number of hydrogen-bond acceptors (Lipinski definition) is 7. The molecule has 0 aromatic heterocycles. The Bertz CT molecular complexity index is 994. The molecule has 2 aliphatic heterocycles. The molecule has 1 unspecified atom stereocenters. The van der Waals surface area contributed by atoms with Crippen LogP contribution in [-0.2, 0) is 27.2 Å². The molecule has 0 saturated carbocycles. The summed E-state index contributed by atoms with van der Waals surface area (Å²) in [6.45, 7) is 39.0. The number of nitrogens with zero attached hydrogens (tertiary/aromatic N) is 1. The van der Waals surface area contributed by atoms with Gasteiger partial charge in [-0.1, -0.05) is 104 Å². The Labute approximate surface area is 291 Å². The van der Waals surface area contributed by atoms with Crippen LogP contribution in [0.15, 0.2) is 0 Å². The smallest absolute Gasteiger partial charge is 0.349 e. The van der Waals surface area contributed by atoms with Crippen molar-refractivity contribution in [3.8, 4) is 6.07 Å². The van der Waals surface area contributed by atoms with E-state index in [0.717, 1.165) is 6.42 Å². The van der Waals surface area contributed by atoms with Gasteiger partial charge in [0.2, 0.25) is 8.32 Å². The zero-order chi connectivity index (χ0) is 35.7. The van der Waals surface area contributed by atoms with E-state index in [2.05, 4.69) is 123 Å². The van der Waals surface area contributed by atoms with Crippen molar-refractivity contribution in [2.75, 3.05) is 19.1 Å². The van der Waals surface area contributed by atoms with E-state index in [1.54, 1.807) is 0 Å². The molecule has 0 aromatic rings. The number of nitriles is 1. The number of fused-ring (bicyclic) bond motifs is 1. The average molecular weight is 721 g/mol. The summed E-state index contributed by atoms with van der Waals surface area (Å²) in [5.74, 6) is -1.02. The Hall–Kier alpha value is 0.191. The zero-order valence-corrected chi connectivity index (χ0v) is 36.3. The molecule has 2 heterocycles. The van der Waals surface area contributed by atoms with Crippen LogP contribution in [0.1, 0.15) is 123 Å². The van der Waals surface area contributed by atoms with Gasteiger partial charge in [0.15, 0.2) is 8.32 Å². The first kappa shape index (κ1) is 42.4. The highest BCUT2D eigenvalue weighted by molar-refractivity contribution is 6.77. The first-order valence-electron chi connectivity index (χ1n) is 17.7. The number of hydrogen-bond donors (Lipinski definition) is 0. The van der Waals surface area contributed by atoms with Crippen molar-refractivity contribution < 1.29 is 27.2 Å². The van der Waals surface area contributed by atoms with Crippen molar-refractivity contribution in [3.63, 3.8) is 0 Å². The summed E-state index contributed by atoms with van der Waals surface area (Å²) in [5.41, 5.74) is 1.10. The number of alkyl halides is 1. The highest BCUT2D eigenvalue weighted by atomic mass is 35.5. The summed E-state index contributed by atoms with van der Waals surface area (Å²) in [6.07, 6.45) is 0.0883. The van der Waals surface area contributed by atoms with E-state index in [0.29, 0.717) is 42.1 Å². The van der Waals surface area contributed by atoms with Crippen molar-refractivity contribution in [2.24, 2.45) is 0 Å². The van der Waals surface area contributed by atoms with Crippen LogP contribution in [0.25, 0.3) is 0 Å². The Morgan fingerprint density at radius 3 is 1.87 bits per heavy atom. The average Bonchev–Trinajstić information content (AvgIpc) is 2.90. The largest absolute Gasteiger partial charge is 0.414 e. The van der Waals surface area contributed by atoms with Gasteiger partial charge in [0.1, 0.15) is 18.3 Å². The van der Waals surface area contributed by atoms with E-state index >= 15 is 0 Å². The summed E-state index contributed by atoms with van der Waals surface area (Å²) in [6, 6.07) is 2.48. The van der Waals surface area contributed by atoms with Crippen LogP contribution in [-0.4, -0.2) is 74.5 Å². The van der Waals surface area contributed by atoms with Crippen LogP contribution in [0.3, 0.4) is 0 Å². The summed E-state index contributed by atoms with van der Waals surface area (Å²) >= 11 is 6.17. The van der Waals surface area contributed by atoms with Gasteiger partial charge in [0.05, 0.1) is 25.4 Å². The lowest BCUT2D eigenvalue weighted by molar-refractivity contribution is -0.316. The topological polar surface area (TPSA) is 79.2 Å². The minimum Gasteiger partial charge on any atom is -0.414 e. The maximum absolute atomic E-state index is 10.9. The van der Waals surface area contributed by atoms with E-state index < -0.39 is 37.1 Å². The Kier molecular flexibility index (Phi) is 14.0. The molecule has 0 aliphatic carbocycles. The highest BCUT2D eigenvalue weighted by Crippen LogP contribution is 2.56.